The van der Waals surface area contributed by atoms with Gasteiger partial charge in [-0.15, -0.1) is 0 Å². The molecule has 0 fully saturated rings. The molecular weight excluding hydrogens is 239 g/mol. The quantitative estimate of drug-likeness (QED) is 0.898. The first-order chi connectivity index (χ1) is 8.25. The maximum Gasteiger partial charge on any atom is 0.141 e. The molecule has 2 aromatic rings. The largest absolute Gasteiger partial charge is 0.385 e. The van der Waals surface area contributed by atoms with Crippen molar-refractivity contribution in [3.8, 4) is 0 Å². The number of aromatic nitrogens is 1. The van der Waals surface area contributed by atoms with Crippen LogP contribution < -0.4 is 5.32 Å². The molecule has 0 saturated carbocycles. The minimum absolute atomic E-state index is 0.138. The van der Waals surface area contributed by atoms with Crippen molar-refractivity contribution in [2.24, 2.45) is 0 Å². The van der Waals surface area contributed by atoms with Crippen molar-refractivity contribution in [3.05, 3.63) is 59.1 Å². The number of nitrogens with one attached hydrogen (secondary N) is 1. The predicted molar refractivity (Wildman–Crippen MR) is 67.8 cm³/mol. The number of nitrogens with zero attached hydrogens (tertiary/aromatic N) is 1. The Morgan fingerprint density at radius 3 is 2.65 bits per heavy atom. The summed E-state index contributed by atoms with van der Waals surface area (Å²) in [7, 11) is 0. The monoisotopic (exact) mass is 250 g/mol. The smallest absolute Gasteiger partial charge is 0.141 e. The number of hydrogen-bond acceptors (Lipinski definition) is 2. The van der Waals surface area contributed by atoms with Crippen molar-refractivity contribution in [3.63, 3.8) is 0 Å². The fourth-order valence-electron chi connectivity index (χ4n) is 1.51. The fourth-order valence-corrected chi connectivity index (χ4v) is 1.69. The minimum atomic E-state index is -0.397. The van der Waals surface area contributed by atoms with Gasteiger partial charge in [0.15, 0.2) is 0 Å². The highest BCUT2D eigenvalue weighted by Gasteiger charge is 2.00. The lowest BCUT2D eigenvalue weighted by Gasteiger charge is -2.07. The summed E-state index contributed by atoms with van der Waals surface area (Å²) in [5.41, 5.74) is 2.03. The number of pyridine rings is 1. The molecule has 2 rings (SSSR count). The molecule has 1 heterocycles. The van der Waals surface area contributed by atoms with Crippen LogP contribution in [-0.4, -0.2) is 11.5 Å². The Bertz CT molecular complexity index is 488. The number of benzene rings is 1. The summed E-state index contributed by atoms with van der Waals surface area (Å²) < 4.78 is 12.9. The third-order valence-electron chi connectivity index (χ3n) is 2.41. The summed E-state index contributed by atoms with van der Waals surface area (Å²) in [4.78, 5) is 3.95. The number of anilines is 1. The molecule has 0 unspecified atom stereocenters. The maximum absolute atomic E-state index is 12.9. The van der Waals surface area contributed by atoms with Crippen LogP contribution in [0, 0.1) is 5.82 Å². The molecule has 1 aromatic heterocycles. The number of hydrogen-bond donors (Lipinski definition) is 1. The normalized spacial score (nSPS) is 10.2. The van der Waals surface area contributed by atoms with E-state index in [0.29, 0.717) is 0 Å². The van der Waals surface area contributed by atoms with Gasteiger partial charge in [-0.2, -0.15) is 0 Å². The van der Waals surface area contributed by atoms with Crippen LogP contribution in [0.15, 0.2) is 42.7 Å². The Kier molecular flexibility index (Phi) is 3.94. The van der Waals surface area contributed by atoms with Gasteiger partial charge < -0.3 is 5.32 Å². The van der Waals surface area contributed by atoms with Crippen molar-refractivity contribution in [1.29, 1.82) is 0 Å². The van der Waals surface area contributed by atoms with E-state index in [0.717, 1.165) is 18.7 Å². The second-order valence-electron chi connectivity index (χ2n) is 3.66. The van der Waals surface area contributed by atoms with Crippen LogP contribution in [0.1, 0.15) is 5.56 Å². The minimum Gasteiger partial charge on any atom is -0.385 e. The van der Waals surface area contributed by atoms with Gasteiger partial charge in [0, 0.05) is 24.6 Å². The summed E-state index contributed by atoms with van der Waals surface area (Å²) in [5.74, 6) is -0.397. The van der Waals surface area contributed by atoms with Gasteiger partial charge >= 0.3 is 0 Å². The van der Waals surface area contributed by atoms with E-state index in [1.165, 1.54) is 11.6 Å². The first-order valence-electron chi connectivity index (χ1n) is 5.33. The zero-order valence-electron chi connectivity index (χ0n) is 9.16. The molecular formula is C13H12ClFN2. The summed E-state index contributed by atoms with van der Waals surface area (Å²) in [6.45, 7) is 0.770. The van der Waals surface area contributed by atoms with Crippen LogP contribution in [0.2, 0.25) is 5.02 Å². The van der Waals surface area contributed by atoms with Crippen LogP contribution in [0.4, 0.5) is 10.1 Å². The molecule has 0 spiro atoms. The number of rotatable bonds is 4. The van der Waals surface area contributed by atoms with Crippen molar-refractivity contribution in [1.82, 2.24) is 4.98 Å². The summed E-state index contributed by atoms with van der Waals surface area (Å²) >= 11 is 5.69. The van der Waals surface area contributed by atoms with Gasteiger partial charge in [0.05, 0.1) is 5.02 Å². The SMILES string of the molecule is Fc1ccc(NCCc2ccncc2)cc1Cl. The van der Waals surface area contributed by atoms with E-state index in [2.05, 4.69) is 10.3 Å². The first kappa shape index (κ1) is 11.9. The predicted octanol–water partition coefficient (Wildman–Crippen LogP) is 3.53. The lowest BCUT2D eigenvalue weighted by atomic mass is 10.2. The standard InChI is InChI=1S/C13H12ClFN2/c14-12-9-11(1-2-13(12)15)17-8-5-10-3-6-16-7-4-10/h1-4,6-7,9,17H,5,8H2. The molecule has 0 aliphatic rings. The van der Waals surface area contributed by atoms with E-state index >= 15 is 0 Å². The molecule has 17 heavy (non-hydrogen) atoms. The molecule has 4 heteroatoms. The summed E-state index contributed by atoms with van der Waals surface area (Å²) in [6.07, 6.45) is 4.42. The molecule has 0 bridgehead atoms. The van der Waals surface area contributed by atoms with E-state index in [1.54, 1.807) is 24.5 Å². The van der Waals surface area contributed by atoms with E-state index in [1.807, 2.05) is 12.1 Å². The van der Waals surface area contributed by atoms with Gasteiger partial charge in [0.2, 0.25) is 0 Å². The zero-order chi connectivity index (χ0) is 12.1. The highest BCUT2D eigenvalue weighted by molar-refractivity contribution is 6.31. The Morgan fingerprint density at radius 2 is 1.94 bits per heavy atom. The Balaban J connectivity index is 1.88. The highest BCUT2D eigenvalue weighted by atomic mass is 35.5. The fraction of sp³-hybridized carbons (Fsp3) is 0.154. The van der Waals surface area contributed by atoms with Gasteiger partial charge in [0.25, 0.3) is 0 Å². The van der Waals surface area contributed by atoms with E-state index < -0.39 is 5.82 Å². The molecule has 0 radical (unpaired) electrons. The molecule has 0 aliphatic carbocycles. The average molecular weight is 251 g/mol. The van der Waals surface area contributed by atoms with Crippen molar-refractivity contribution >= 4 is 17.3 Å². The zero-order valence-corrected chi connectivity index (χ0v) is 9.91. The number of halogens is 2. The van der Waals surface area contributed by atoms with Gasteiger partial charge in [-0.05, 0) is 42.3 Å². The summed E-state index contributed by atoms with van der Waals surface area (Å²) in [6, 6.07) is 8.56. The summed E-state index contributed by atoms with van der Waals surface area (Å²) in [5, 5.41) is 3.33. The molecule has 2 nitrogen and oxygen atoms in total. The molecule has 1 aromatic carbocycles. The van der Waals surface area contributed by atoms with Crippen LogP contribution in [0.25, 0.3) is 0 Å². The van der Waals surface area contributed by atoms with Crippen LogP contribution in [0.5, 0.6) is 0 Å². The molecule has 0 amide bonds. The Labute approximate surface area is 104 Å². The second kappa shape index (κ2) is 5.64. The van der Waals surface area contributed by atoms with Crippen LogP contribution >= 0.6 is 11.6 Å². The van der Waals surface area contributed by atoms with Crippen molar-refractivity contribution < 1.29 is 4.39 Å². The second-order valence-corrected chi connectivity index (χ2v) is 4.07. The molecule has 0 saturated heterocycles. The Morgan fingerprint density at radius 1 is 1.18 bits per heavy atom. The van der Waals surface area contributed by atoms with Gasteiger partial charge in [-0.25, -0.2) is 4.39 Å². The van der Waals surface area contributed by atoms with Gasteiger partial charge in [0.1, 0.15) is 5.82 Å². The van der Waals surface area contributed by atoms with E-state index in [-0.39, 0.29) is 5.02 Å². The van der Waals surface area contributed by atoms with E-state index in [9.17, 15) is 4.39 Å². The lowest BCUT2D eigenvalue weighted by Crippen LogP contribution is -2.04. The molecule has 1 N–H and O–H groups in total. The third-order valence-corrected chi connectivity index (χ3v) is 2.70. The van der Waals surface area contributed by atoms with Crippen molar-refractivity contribution in [2.45, 2.75) is 6.42 Å². The van der Waals surface area contributed by atoms with Crippen LogP contribution in [-0.2, 0) is 6.42 Å². The maximum atomic E-state index is 12.9. The first-order valence-corrected chi connectivity index (χ1v) is 5.71. The lowest BCUT2D eigenvalue weighted by molar-refractivity contribution is 0.628. The highest BCUT2D eigenvalue weighted by Crippen LogP contribution is 2.19. The topological polar surface area (TPSA) is 24.9 Å². The average Bonchev–Trinajstić information content (AvgIpc) is 2.35. The van der Waals surface area contributed by atoms with E-state index in [4.69, 9.17) is 11.6 Å². The third kappa shape index (κ3) is 3.43. The van der Waals surface area contributed by atoms with Crippen LogP contribution in [0.3, 0.4) is 0 Å². The van der Waals surface area contributed by atoms with Gasteiger partial charge in [-0.1, -0.05) is 11.6 Å². The molecule has 0 aliphatic heterocycles. The molecule has 88 valence electrons. The Hall–Kier alpha value is -1.61. The molecule has 0 atom stereocenters. The van der Waals surface area contributed by atoms with Gasteiger partial charge in [-0.3, -0.25) is 4.98 Å². The van der Waals surface area contributed by atoms with Crippen molar-refractivity contribution in [2.75, 3.05) is 11.9 Å².